The third-order valence-corrected chi connectivity index (χ3v) is 5.95. The van der Waals surface area contributed by atoms with E-state index in [-0.39, 0.29) is 4.90 Å². The van der Waals surface area contributed by atoms with Crippen LogP contribution in [-0.4, -0.2) is 18.2 Å². The Kier molecular flexibility index (Phi) is 4.72. The van der Waals surface area contributed by atoms with Gasteiger partial charge in [-0.05, 0) is 56.5 Å². The van der Waals surface area contributed by atoms with E-state index in [9.17, 15) is 8.42 Å². The number of benzene rings is 3. The molecule has 0 saturated carbocycles. The summed E-state index contributed by atoms with van der Waals surface area (Å²) in [6, 6.07) is 20.1. The van der Waals surface area contributed by atoms with Gasteiger partial charge < -0.3 is 0 Å². The summed E-state index contributed by atoms with van der Waals surface area (Å²) in [5.74, 6) is 0. The van der Waals surface area contributed by atoms with E-state index in [1.54, 1.807) is 29.1 Å². The van der Waals surface area contributed by atoms with Gasteiger partial charge in [0.25, 0.3) is 10.0 Å². The Hall–Kier alpha value is -2.64. The molecule has 5 nitrogen and oxygen atoms in total. The summed E-state index contributed by atoms with van der Waals surface area (Å²) in [6.07, 6.45) is 3.58. The zero-order chi connectivity index (χ0) is 18.9. The van der Waals surface area contributed by atoms with Gasteiger partial charge in [-0.3, -0.25) is 9.40 Å². The zero-order valence-corrected chi connectivity index (χ0v) is 16.6. The van der Waals surface area contributed by atoms with Crippen molar-refractivity contribution in [3.8, 4) is 0 Å². The summed E-state index contributed by atoms with van der Waals surface area (Å²) >= 11 is 3.37. The largest absolute Gasteiger partial charge is 0.280 e. The van der Waals surface area contributed by atoms with Crippen LogP contribution in [0, 0.1) is 0 Å². The number of nitrogens with zero attached hydrogens (tertiary/aromatic N) is 2. The highest BCUT2D eigenvalue weighted by Gasteiger charge is 2.15. The minimum absolute atomic E-state index is 0.239. The molecule has 1 N–H and O–H groups in total. The number of nitrogens with one attached hydrogen (secondary N) is 1. The van der Waals surface area contributed by atoms with Gasteiger partial charge in [0, 0.05) is 11.9 Å². The van der Waals surface area contributed by atoms with Crippen LogP contribution in [0.1, 0.15) is 5.56 Å². The number of fused-ring (bicyclic) bond motifs is 1. The highest BCUT2D eigenvalue weighted by Crippen LogP contribution is 2.22. The molecule has 4 aromatic rings. The molecule has 4 rings (SSSR count). The topological polar surface area (TPSA) is 64.0 Å². The fourth-order valence-electron chi connectivity index (χ4n) is 2.89. The van der Waals surface area contributed by atoms with Crippen molar-refractivity contribution in [2.24, 2.45) is 0 Å². The monoisotopic (exact) mass is 441 g/mol. The highest BCUT2D eigenvalue weighted by atomic mass is 79.9. The summed E-state index contributed by atoms with van der Waals surface area (Å²) in [4.78, 5) is 0.239. The van der Waals surface area contributed by atoms with E-state index in [4.69, 9.17) is 0 Å². The van der Waals surface area contributed by atoms with Crippen molar-refractivity contribution in [2.75, 3.05) is 4.72 Å². The van der Waals surface area contributed by atoms with E-state index in [1.807, 2.05) is 54.7 Å². The van der Waals surface area contributed by atoms with Crippen LogP contribution in [0.2, 0.25) is 0 Å². The smallest absolute Gasteiger partial charge is 0.261 e. The predicted molar refractivity (Wildman–Crippen MR) is 110 cm³/mol. The molecule has 0 bridgehead atoms. The molecular formula is C20H16BrN3O2S. The van der Waals surface area contributed by atoms with E-state index in [1.165, 1.54) is 0 Å². The molecule has 0 unspecified atom stereocenters. The lowest BCUT2D eigenvalue weighted by Gasteiger charge is -2.10. The van der Waals surface area contributed by atoms with Gasteiger partial charge in [-0.1, -0.05) is 42.5 Å². The molecule has 0 aliphatic rings. The first-order valence-corrected chi connectivity index (χ1v) is 10.6. The Bertz CT molecular complexity index is 1220. The maximum atomic E-state index is 12.8. The Morgan fingerprint density at radius 2 is 1.78 bits per heavy atom. The van der Waals surface area contributed by atoms with Crippen molar-refractivity contribution in [3.63, 3.8) is 0 Å². The lowest BCUT2D eigenvalue weighted by molar-refractivity contribution is 0.601. The van der Waals surface area contributed by atoms with Crippen LogP contribution >= 0.6 is 15.9 Å². The average molecular weight is 442 g/mol. The molecule has 0 amide bonds. The normalized spacial score (nSPS) is 11.6. The predicted octanol–water partition coefficient (Wildman–Crippen LogP) is 4.65. The number of rotatable bonds is 5. The second kappa shape index (κ2) is 7.17. The second-order valence-electron chi connectivity index (χ2n) is 6.17. The molecule has 0 aliphatic carbocycles. The van der Waals surface area contributed by atoms with Crippen molar-refractivity contribution < 1.29 is 8.42 Å². The fourth-order valence-corrected chi connectivity index (χ4v) is 4.31. The van der Waals surface area contributed by atoms with Crippen molar-refractivity contribution >= 4 is 42.4 Å². The van der Waals surface area contributed by atoms with Crippen molar-refractivity contribution in [2.45, 2.75) is 11.4 Å². The lowest BCUT2D eigenvalue weighted by Crippen LogP contribution is -2.13. The first-order valence-electron chi connectivity index (χ1n) is 8.28. The summed E-state index contributed by atoms with van der Waals surface area (Å²) in [6.45, 7) is 0.553. The molecule has 0 saturated heterocycles. The Morgan fingerprint density at radius 3 is 2.56 bits per heavy atom. The van der Waals surface area contributed by atoms with Crippen LogP contribution in [0.4, 0.5) is 5.69 Å². The maximum Gasteiger partial charge on any atom is 0.261 e. The Balaban J connectivity index is 1.59. The molecule has 1 aromatic heterocycles. The molecule has 7 heteroatoms. The van der Waals surface area contributed by atoms with Gasteiger partial charge in [0.05, 0.1) is 22.1 Å². The minimum Gasteiger partial charge on any atom is -0.280 e. The van der Waals surface area contributed by atoms with Crippen LogP contribution in [0.25, 0.3) is 10.8 Å². The molecule has 0 atom stereocenters. The number of sulfonamides is 1. The maximum absolute atomic E-state index is 12.8. The van der Waals surface area contributed by atoms with Crippen LogP contribution < -0.4 is 4.72 Å². The lowest BCUT2D eigenvalue weighted by atomic mass is 10.1. The first-order chi connectivity index (χ1) is 13.0. The van der Waals surface area contributed by atoms with E-state index in [0.29, 0.717) is 12.2 Å². The quantitative estimate of drug-likeness (QED) is 0.490. The van der Waals surface area contributed by atoms with Gasteiger partial charge in [-0.25, -0.2) is 8.42 Å². The summed E-state index contributed by atoms with van der Waals surface area (Å²) in [5.41, 5.74) is 1.47. The highest BCUT2D eigenvalue weighted by molar-refractivity contribution is 9.10. The van der Waals surface area contributed by atoms with Gasteiger partial charge in [-0.15, -0.1) is 0 Å². The van der Waals surface area contributed by atoms with Crippen molar-refractivity contribution in [3.05, 3.63) is 89.2 Å². The molecule has 0 spiro atoms. The SMILES string of the molecule is O=S(=O)(Nc1cccc(Cn2cc(Br)cn2)c1)c1ccc2ccccc2c1. The van der Waals surface area contributed by atoms with Crippen LogP contribution in [0.5, 0.6) is 0 Å². The third kappa shape index (κ3) is 4.04. The molecule has 27 heavy (non-hydrogen) atoms. The average Bonchev–Trinajstić information content (AvgIpc) is 3.06. The molecule has 0 radical (unpaired) electrons. The summed E-state index contributed by atoms with van der Waals surface area (Å²) in [5, 5.41) is 6.11. The number of anilines is 1. The van der Waals surface area contributed by atoms with Crippen molar-refractivity contribution in [1.82, 2.24) is 9.78 Å². The van der Waals surface area contributed by atoms with E-state index in [2.05, 4.69) is 25.8 Å². The van der Waals surface area contributed by atoms with E-state index >= 15 is 0 Å². The fraction of sp³-hybridized carbons (Fsp3) is 0.0500. The molecule has 0 fully saturated rings. The summed E-state index contributed by atoms with van der Waals surface area (Å²) in [7, 11) is -3.67. The van der Waals surface area contributed by atoms with Gasteiger partial charge in [0.15, 0.2) is 0 Å². The standard InChI is InChI=1S/C20H16BrN3O2S/c21-18-12-22-24(14-18)13-15-4-3-7-19(10-15)23-27(25,26)20-9-8-16-5-1-2-6-17(16)11-20/h1-12,14,23H,13H2. The Morgan fingerprint density at radius 1 is 0.963 bits per heavy atom. The number of aromatic nitrogens is 2. The van der Waals surface area contributed by atoms with Gasteiger partial charge in [-0.2, -0.15) is 5.10 Å². The van der Waals surface area contributed by atoms with Crippen molar-refractivity contribution in [1.29, 1.82) is 0 Å². The first kappa shape index (κ1) is 17.8. The minimum atomic E-state index is -3.67. The van der Waals surface area contributed by atoms with Gasteiger partial charge >= 0.3 is 0 Å². The van der Waals surface area contributed by atoms with E-state index < -0.39 is 10.0 Å². The summed E-state index contributed by atoms with van der Waals surface area (Å²) < 4.78 is 30.9. The molecule has 1 heterocycles. The molecule has 0 aliphatic heterocycles. The zero-order valence-electron chi connectivity index (χ0n) is 14.2. The van der Waals surface area contributed by atoms with Gasteiger partial charge in [0.2, 0.25) is 0 Å². The second-order valence-corrected chi connectivity index (χ2v) is 8.77. The van der Waals surface area contributed by atoms with Crippen LogP contribution in [-0.2, 0) is 16.6 Å². The number of hydrogen-bond acceptors (Lipinski definition) is 3. The molecule has 136 valence electrons. The van der Waals surface area contributed by atoms with Gasteiger partial charge in [0.1, 0.15) is 0 Å². The van der Waals surface area contributed by atoms with E-state index in [0.717, 1.165) is 20.8 Å². The van der Waals surface area contributed by atoms with Crippen LogP contribution in [0.15, 0.2) is 88.5 Å². The third-order valence-electron chi connectivity index (χ3n) is 4.16. The number of halogens is 1. The molecular weight excluding hydrogens is 426 g/mol. The number of hydrogen-bond donors (Lipinski definition) is 1. The molecule has 3 aromatic carbocycles. The Labute approximate surface area is 165 Å². The van der Waals surface area contributed by atoms with Crippen LogP contribution in [0.3, 0.4) is 0 Å².